The van der Waals surface area contributed by atoms with E-state index in [1.807, 2.05) is 6.92 Å². The van der Waals surface area contributed by atoms with E-state index in [9.17, 15) is 9.59 Å². The zero-order chi connectivity index (χ0) is 14.3. The van der Waals surface area contributed by atoms with Gasteiger partial charge in [0.05, 0.1) is 5.56 Å². The second-order valence-corrected chi connectivity index (χ2v) is 4.65. The number of hydrogen-bond donors (Lipinski definition) is 3. The van der Waals surface area contributed by atoms with Gasteiger partial charge in [0.25, 0.3) is 0 Å². The minimum Gasteiger partial charge on any atom is -0.478 e. The molecule has 104 valence electrons. The molecule has 1 aromatic rings. The zero-order valence-corrected chi connectivity index (χ0v) is 11.1. The Balaban J connectivity index is 2.32. The predicted molar refractivity (Wildman–Crippen MR) is 72.7 cm³/mol. The van der Waals surface area contributed by atoms with Crippen molar-refractivity contribution in [3.63, 3.8) is 0 Å². The number of rotatable bonds is 7. The number of carbonyl (C=O) groups is 2. The summed E-state index contributed by atoms with van der Waals surface area (Å²) < 4.78 is 0. The molecule has 0 heterocycles. The van der Waals surface area contributed by atoms with Crippen LogP contribution in [0, 0.1) is 0 Å². The summed E-state index contributed by atoms with van der Waals surface area (Å²) in [6.45, 7) is 2.33. The molecular formula is C14H20N2O3. The van der Waals surface area contributed by atoms with Gasteiger partial charge in [0.2, 0.25) is 5.91 Å². The van der Waals surface area contributed by atoms with Crippen LogP contribution < -0.4 is 11.1 Å². The Morgan fingerprint density at radius 2 is 1.95 bits per heavy atom. The van der Waals surface area contributed by atoms with Gasteiger partial charge in [-0.3, -0.25) is 4.79 Å². The Morgan fingerprint density at radius 3 is 2.47 bits per heavy atom. The van der Waals surface area contributed by atoms with Gasteiger partial charge >= 0.3 is 5.97 Å². The quantitative estimate of drug-likeness (QED) is 0.696. The number of carbonyl (C=O) groups excluding carboxylic acids is 1. The standard InChI is InChI=1S/C14H20N2O3/c1-10(15)3-2-4-13(17)16-9-11-5-7-12(8-6-11)14(18)19/h5-8,10H,2-4,9,15H2,1H3,(H,16,17)(H,18,19). The zero-order valence-electron chi connectivity index (χ0n) is 11.1. The van der Waals surface area contributed by atoms with E-state index >= 15 is 0 Å². The van der Waals surface area contributed by atoms with Gasteiger partial charge in [0, 0.05) is 19.0 Å². The van der Waals surface area contributed by atoms with Crippen LogP contribution in [-0.2, 0) is 11.3 Å². The summed E-state index contributed by atoms with van der Waals surface area (Å²) in [5.41, 5.74) is 6.73. The summed E-state index contributed by atoms with van der Waals surface area (Å²) >= 11 is 0. The monoisotopic (exact) mass is 264 g/mol. The van der Waals surface area contributed by atoms with Crippen molar-refractivity contribution >= 4 is 11.9 Å². The van der Waals surface area contributed by atoms with Crippen molar-refractivity contribution in [3.05, 3.63) is 35.4 Å². The van der Waals surface area contributed by atoms with E-state index in [-0.39, 0.29) is 17.5 Å². The van der Waals surface area contributed by atoms with Gasteiger partial charge in [-0.15, -0.1) is 0 Å². The third kappa shape index (κ3) is 6.01. The molecule has 0 aromatic heterocycles. The summed E-state index contributed by atoms with van der Waals surface area (Å²) in [4.78, 5) is 22.2. The Labute approximate surface area is 112 Å². The maximum absolute atomic E-state index is 11.5. The second kappa shape index (κ2) is 7.53. The molecule has 0 aliphatic carbocycles. The minimum absolute atomic E-state index is 0.0111. The van der Waals surface area contributed by atoms with Crippen LogP contribution in [0.1, 0.15) is 42.1 Å². The Bertz CT molecular complexity index is 427. The van der Waals surface area contributed by atoms with Gasteiger partial charge in [-0.05, 0) is 37.5 Å². The molecule has 0 fully saturated rings. The molecule has 4 N–H and O–H groups in total. The topological polar surface area (TPSA) is 92.4 Å². The molecule has 1 aromatic carbocycles. The number of nitrogens with two attached hydrogens (primary N) is 1. The largest absolute Gasteiger partial charge is 0.478 e. The smallest absolute Gasteiger partial charge is 0.335 e. The highest BCUT2D eigenvalue weighted by Crippen LogP contribution is 2.05. The van der Waals surface area contributed by atoms with E-state index in [1.165, 1.54) is 12.1 Å². The van der Waals surface area contributed by atoms with Crippen molar-refractivity contribution in [3.8, 4) is 0 Å². The van der Waals surface area contributed by atoms with Crippen LogP contribution in [0.15, 0.2) is 24.3 Å². The number of carboxylic acid groups (broad SMARTS) is 1. The Kier molecular flexibility index (Phi) is 6.02. The summed E-state index contributed by atoms with van der Waals surface area (Å²) in [7, 11) is 0. The lowest BCUT2D eigenvalue weighted by Crippen LogP contribution is -2.23. The first kappa shape index (κ1) is 15.2. The molecule has 5 nitrogen and oxygen atoms in total. The number of nitrogens with one attached hydrogen (secondary N) is 1. The lowest BCUT2D eigenvalue weighted by Gasteiger charge is -2.07. The molecule has 19 heavy (non-hydrogen) atoms. The molecule has 0 saturated heterocycles. The van der Waals surface area contributed by atoms with E-state index in [4.69, 9.17) is 10.8 Å². The van der Waals surface area contributed by atoms with Crippen LogP contribution in [0.3, 0.4) is 0 Å². The molecular weight excluding hydrogens is 244 g/mol. The molecule has 0 radical (unpaired) electrons. The van der Waals surface area contributed by atoms with E-state index in [0.29, 0.717) is 13.0 Å². The van der Waals surface area contributed by atoms with Crippen LogP contribution in [0.4, 0.5) is 0 Å². The first-order valence-electron chi connectivity index (χ1n) is 6.33. The second-order valence-electron chi connectivity index (χ2n) is 4.65. The average molecular weight is 264 g/mol. The number of benzene rings is 1. The Morgan fingerprint density at radius 1 is 1.32 bits per heavy atom. The molecule has 0 spiro atoms. The number of hydrogen-bond acceptors (Lipinski definition) is 3. The number of aromatic carboxylic acids is 1. The van der Waals surface area contributed by atoms with E-state index in [0.717, 1.165) is 18.4 Å². The van der Waals surface area contributed by atoms with Crippen molar-refractivity contribution in [2.75, 3.05) is 0 Å². The molecule has 0 bridgehead atoms. The average Bonchev–Trinajstić information content (AvgIpc) is 2.36. The predicted octanol–water partition coefficient (Wildman–Crippen LogP) is 1.52. The van der Waals surface area contributed by atoms with Crippen molar-refractivity contribution in [2.45, 2.75) is 38.8 Å². The van der Waals surface area contributed by atoms with Gasteiger partial charge < -0.3 is 16.2 Å². The normalized spacial score (nSPS) is 11.9. The summed E-state index contributed by atoms with van der Waals surface area (Å²) in [6.07, 6.45) is 2.08. The SMILES string of the molecule is CC(N)CCCC(=O)NCc1ccc(C(=O)O)cc1. The lowest BCUT2D eigenvalue weighted by atomic mass is 10.1. The van der Waals surface area contributed by atoms with E-state index < -0.39 is 5.97 Å². The molecule has 0 aliphatic rings. The van der Waals surface area contributed by atoms with Gasteiger partial charge in [-0.1, -0.05) is 12.1 Å². The number of amides is 1. The van der Waals surface area contributed by atoms with Crippen molar-refractivity contribution in [2.24, 2.45) is 5.73 Å². The fourth-order valence-electron chi connectivity index (χ4n) is 1.64. The van der Waals surface area contributed by atoms with Crippen molar-refractivity contribution < 1.29 is 14.7 Å². The molecule has 1 atom stereocenters. The van der Waals surface area contributed by atoms with E-state index in [1.54, 1.807) is 12.1 Å². The molecule has 1 amide bonds. The Hall–Kier alpha value is -1.88. The van der Waals surface area contributed by atoms with Gasteiger partial charge in [0.1, 0.15) is 0 Å². The van der Waals surface area contributed by atoms with Gasteiger partial charge in [-0.25, -0.2) is 4.79 Å². The van der Waals surface area contributed by atoms with Gasteiger partial charge in [-0.2, -0.15) is 0 Å². The lowest BCUT2D eigenvalue weighted by molar-refractivity contribution is -0.121. The fourth-order valence-corrected chi connectivity index (χ4v) is 1.64. The molecule has 1 unspecified atom stereocenters. The highest BCUT2D eigenvalue weighted by atomic mass is 16.4. The molecule has 5 heteroatoms. The van der Waals surface area contributed by atoms with Gasteiger partial charge in [0.15, 0.2) is 0 Å². The van der Waals surface area contributed by atoms with E-state index in [2.05, 4.69) is 5.32 Å². The van der Waals surface area contributed by atoms with Crippen LogP contribution >= 0.6 is 0 Å². The summed E-state index contributed by atoms with van der Waals surface area (Å²) in [5, 5.41) is 11.5. The molecule has 0 aliphatic heterocycles. The highest BCUT2D eigenvalue weighted by Gasteiger charge is 2.04. The summed E-state index contributed by atoms with van der Waals surface area (Å²) in [5.74, 6) is -0.963. The highest BCUT2D eigenvalue weighted by molar-refractivity contribution is 5.87. The molecule has 0 saturated carbocycles. The first-order chi connectivity index (χ1) is 8.99. The third-order valence-electron chi connectivity index (χ3n) is 2.75. The van der Waals surface area contributed by atoms with Crippen LogP contribution in [0.2, 0.25) is 0 Å². The third-order valence-corrected chi connectivity index (χ3v) is 2.75. The fraction of sp³-hybridized carbons (Fsp3) is 0.429. The van der Waals surface area contributed by atoms with Crippen molar-refractivity contribution in [1.29, 1.82) is 0 Å². The molecule has 1 rings (SSSR count). The maximum atomic E-state index is 11.5. The van der Waals surface area contributed by atoms with Crippen LogP contribution in [0.25, 0.3) is 0 Å². The maximum Gasteiger partial charge on any atom is 0.335 e. The van der Waals surface area contributed by atoms with Crippen LogP contribution in [-0.4, -0.2) is 23.0 Å². The minimum atomic E-state index is -0.952. The first-order valence-corrected chi connectivity index (χ1v) is 6.33. The number of carboxylic acids is 1. The van der Waals surface area contributed by atoms with Crippen molar-refractivity contribution in [1.82, 2.24) is 5.32 Å². The summed E-state index contributed by atoms with van der Waals surface area (Å²) in [6, 6.07) is 6.58. The van der Waals surface area contributed by atoms with Crippen LogP contribution in [0.5, 0.6) is 0 Å².